The van der Waals surface area contributed by atoms with Crippen molar-refractivity contribution in [1.82, 2.24) is 4.90 Å². The monoisotopic (exact) mass is 444 g/mol. The van der Waals surface area contributed by atoms with E-state index in [1.807, 2.05) is 29.2 Å². The van der Waals surface area contributed by atoms with E-state index in [0.717, 1.165) is 36.8 Å². The van der Waals surface area contributed by atoms with Gasteiger partial charge in [-0.1, -0.05) is 6.07 Å². The number of sulfonamides is 1. The summed E-state index contributed by atoms with van der Waals surface area (Å²) in [6, 6.07) is 11.1. The minimum atomic E-state index is -3.33. The number of amides is 1. The Balaban J connectivity index is 1.62. The van der Waals surface area contributed by atoms with Gasteiger partial charge in [0.15, 0.2) is 11.5 Å². The van der Waals surface area contributed by atoms with Crippen molar-refractivity contribution in [2.75, 3.05) is 37.9 Å². The molecule has 0 bridgehead atoms. The summed E-state index contributed by atoms with van der Waals surface area (Å²) in [5.41, 5.74) is 3.21. The zero-order valence-corrected chi connectivity index (χ0v) is 18.9. The normalized spacial score (nSPS) is 18.6. The summed E-state index contributed by atoms with van der Waals surface area (Å²) >= 11 is 0. The number of ether oxygens (including phenoxy) is 2. The Morgan fingerprint density at radius 3 is 2.48 bits per heavy atom. The predicted molar refractivity (Wildman–Crippen MR) is 120 cm³/mol. The number of hydrogen-bond donors (Lipinski definition) is 0. The number of rotatable bonds is 5. The number of methoxy groups -OCH3 is 2. The van der Waals surface area contributed by atoms with Crippen LogP contribution < -0.4 is 13.8 Å². The summed E-state index contributed by atoms with van der Waals surface area (Å²) in [6.07, 6.45) is 4.54. The lowest BCUT2D eigenvalue weighted by molar-refractivity contribution is 0.0735. The van der Waals surface area contributed by atoms with Gasteiger partial charge in [-0.2, -0.15) is 0 Å². The minimum absolute atomic E-state index is 0.0310. The fourth-order valence-corrected chi connectivity index (χ4v) is 5.62. The molecule has 0 aliphatic carbocycles. The van der Waals surface area contributed by atoms with Crippen molar-refractivity contribution in [3.63, 3.8) is 0 Å². The van der Waals surface area contributed by atoms with Crippen molar-refractivity contribution in [3.05, 3.63) is 53.1 Å². The van der Waals surface area contributed by atoms with Crippen LogP contribution in [0.5, 0.6) is 11.5 Å². The molecule has 0 radical (unpaired) electrons. The quantitative estimate of drug-likeness (QED) is 0.707. The molecule has 8 heteroatoms. The van der Waals surface area contributed by atoms with Crippen LogP contribution in [0.15, 0.2) is 36.4 Å². The highest BCUT2D eigenvalue weighted by Crippen LogP contribution is 2.38. The first-order valence-electron chi connectivity index (χ1n) is 10.5. The Bertz CT molecular complexity index is 1100. The zero-order chi connectivity index (χ0) is 22.2. The smallest absolute Gasteiger partial charge is 0.254 e. The van der Waals surface area contributed by atoms with Gasteiger partial charge in [0.1, 0.15) is 0 Å². The maximum atomic E-state index is 13.4. The van der Waals surface area contributed by atoms with Crippen LogP contribution in [0.3, 0.4) is 0 Å². The molecule has 0 aromatic heterocycles. The average Bonchev–Trinajstić information content (AvgIpc) is 3.26. The Labute approximate surface area is 183 Å². The van der Waals surface area contributed by atoms with E-state index in [2.05, 4.69) is 0 Å². The molecule has 2 aromatic rings. The summed E-state index contributed by atoms with van der Waals surface area (Å²) in [4.78, 5) is 15.3. The van der Waals surface area contributed by atoms with Gasteiger partial charge in [-0.3, -0.25) is 9.10 Å². The molecule has 1 saturated heterocycles. The van der Waals surface area contributed by atoms with E-state index >= 15 is 0 Å². The molecule has 0 saturated carbocycles. The molecule has 2 aliphatic rings. The van der Waals surface area contributed by atoms with Crippen molar-refractivity contribution in [2.45, 2.75) is 31.7 Å². The van der Waals surface area contributed by atoms with Gasteiger partial charge in [0.2, 0.25) is 10.0 Å². The molecule has 2 heterocycles. The number of carbonyl (C=O) groups excluding carboxylic acids is 1. The second kappa shape index (κ2) is 8.42. The molecule has 1 amide bonds. The third-order valence-corrected chi connectivity index (χ3v) is 7.29. The molecule has 0 spiro atoms. The van der Waals surface area contributed by atoms with Gasteiger partial charge in [-0.05, 0) is 67.1 Å². The van der Waals surface area contributed by atoms with E-state index in [1.165, 1.54) is 10.6 Å². The van der Waals surface area contributed by atoms with Gasteiger partial charge < -0.3 is 14.4 Å². The van der Waals surface area contributed by atoms with E-state index in [0.29, 0.717) is 35.8 Å². The molecule has 166 valence electrons. The maximum Gasteiger partial charge on any atom is 0.254 e. The molecule has 1 fully saturated rings. The minimum Gasteiger partial charge on any atom is -0.493 e. The van der Waals surface area contributed by atoms with Crippen molar-refractivity contribution >= 4 is 21.6 Å². The van der Waals surface area contributed by atoms with Crippen LogP contribution in [-0.4, -0.2) is 52.8 Å². The average molecular weight is 445 g/mol. The first-order chi connectivity index (χ1) is 14.8. The van der Waals surface area contributed by atoms with Crippen LogP contribution in [0.25, 0.3) is 0 Å². The number of anilines is 1. The van der Waals surface area contributed by atoms with Crippen molar-refractivity contribution in [1.29, 1.82) is 0 Å². The van der Waals surface area contributed by atoms with Crippen LogP contribution in [0.4, 0.5) is 5.69 Å². The van der Waals surface area contributed by atoms with Crippen LogP contribution in [0.2, 0.25) is 0 Å². The summed E-state index contributed by atoms with van der Waals surface area (Å²) in [5.74, 6) is 1.28. The molecular formula is C23H28N2O5S. The number of likely N-dealkylation sites (tertiary alicyclic amines) is 1. The summed E-state index contributed by atoms with van der Waals surface area (Å²) in [6.45, 7) is 1.16. The SMILES string of the molecule is COc1ccc([C@H]2CCCN2C(=O)c2ccc3c(c2)CCCN3S(C)(=O)=O)cc1OC. The Hall–Kier alpha value is -2.74. The van der Waals surface area contributed by atoms with Crippen molar-refractivity contribution < 1.29 is 22.7 Å². The molecule has 1 atom stereocenters. The predicted octanol–water partition coefficient (Wildman–Crippen LogP) is 3.39. The Morgan fingerprint density at radius 1 is 1.00 bits per heavy atom. The van der Waals surface area contributed by atoms with Crippen LogP contribution >= 0.6 is 0 Å². The van der Waals surface area contributed by atoms with Crippen LogP contribution in [-0.2, 0) is 16.4 Å². The van der Waals surface area contributed by atoms with Gasteiger partial charge in [0.25, 0.3) is 5.91 Å². The van der Waals surface area contributed by atoms with Gasteiger partial charge in [0.05, 0.1) is 32.2 Å². The molecule has 0 N–H and O–H groups in total. The standard InChI is InChI=1S/C23H28N2O5S/c1-29-21-11-9-17(15-22(21)30-2)19-7-5-12-24(19)23(26)18-8-10-20-16(14-18)6-4-13-25(20)31(3,27)28/h8-11,14-15,19H,4-7,12-13H2,1-3H3/t19-/m1/s1. The highest BCUT2D eigenvalue weighted by molar-refractivity contribution is 7.92. The first kappa shape index (κ1) is 21.5. The Kier molecular flexibility index (Phi) is 5.83. The van der Waals surface area contributed by atoms with Crippen molar-refractivity contribution in [3.8, 4) is 11.5 Å². The van der Waals surface area contributed by atoms with E-state index in [9.17, 15) is 13.2 Å². The fourth-order valence-electron chi connectivity index (χ4n) is 4.62. The number of aryl methyl sites for hydroxylation is 1. The molecule has 0 unspecified atom stereocenters. The summed E-state index contributed by atoms with van der Waals surface area (Å²) in [5, 5.41) is 0. The molecule has 2 aromatic carbocycles. The van der Waals surface area contributed by atoms with E-state index in [4.69, 9.17) is 9.47 Å². The number of benzene rings is 2. The van der Waals surface area contributed by atoms with E-state index in [1.54, 1.807) is 26.4 Å². The summed E-state index contributed by atoms with van der Waals surface area (Å²) in [7, 11) is -0.125. The van der Waals surface area contributed by atoms with Crippen LogP contribution in [0.1, 0.15) is 46.8 Å². The molecule has 2 aliphatic heterocycles. The van der Waals surface area contributed by atoms with Crippen LogP contribution in [0, 0.1) is 0 Å². The third kappa shape index (κ3) is 4.08. The maximum absolute atomic E-state index is 13.4. The number of carbonyl (C=O) groups is 1. The first-order valence-corrected chi connectivity index (χ1v) is 12.3. The largest absolute Gasteiger partial charge is 0.493 e. The molecule has 7 nitrogen and oxygen atoms in total. The van der Waals surface area contributed by atoms with Gasteiger partial charge >= 0.3 is 0 Å². The Morgan fingerprint density at radius 2 is 1.77 bits per heavy atom. The number of hydrogen-bond acceptors (Lipinski definition) is 5. The highest BCUT2D eigenvalue weighted by atomic mass is 32.2. The topological polar surface area (TPSA) is 76.2 Å². The summed E-state index contributed by atoms with van der Waals surface area (Å²) < 4.78 is 36.4. The van der Waals surface area contributed by atoms with Gasteiger partial charge in [-0.25, -0.2) is 8.42 Å². The lowest BCUT2D eigenvalue weighted by atomic mass is 9.99. The second-order valence-corrected chi connectivity index (χ2v) is 9.96. The molecule has 4 rings (SSSR count). The number of fused-ring (bicyclic) bond motifs is 1. The third-order valence-electron chi connectivity index (χ3n) is 6.11. The second-order valence-electron chi connectivity index (χ2n) is 8.05. The molecular weight excluding hydrogens is 416 g/mol. The highest BCUT2D eigenvalue weighted by Gasteiger charge is 2.32. The lowest BCUT2D eigenvalue weighted by Gasteiger charge is -2.30. The van der Waals surface area contributed by atoms with E-state index in [-0.39, 0.29) is 11.9 Å². The van der Waals surface area contributed by atoms with E-state index < -0.39 is 10.0 Å². The molecule has 31 heavy (non-hydrogen) atoms. The number of nitrogens with zero attached hydrogens (tertiary/aromatic N) is 2. The van der Waals surface area contributed by atoms with Gasteiger partial charge in [-0.15, -0.1) is 0 Å². The fraction of sp³-hybridized carbons (Fsp3) is 0.435. The zero-order valence-electron chi connectivity index (χ0n) is 18.1. The van der Waals surface area contributed by atoms with Crippen molar-refractivity contribution in [2.24, 2.45) is 0 Å². The lowest BCUT2D eigenvalue weighted by Crippen LogP contribution is -2.35. The van der Waals surface area contributed by atoms with Gasteiger partial charge in [0, 0.05) is 18.7 Å².